The van der Waals surface area contributed by atoms with Gasteiger partial charge in [-0.2, -0.15) is 8.78 Å². The minimum Gasteiger partial charge on any atom is -0.493 e. The number of para-hydroxylation sites is 1. The summed E-state index contributed by atoms with van der Waals surface area (Å²) in [5.41, 5.74) is 0.527. The number of anilines is 1. The molecule has 32 heavy (non-hydrogen) atoms. The van der Waals surface area contributed by atoms with Crippen LogP contribution in [-0.4, -0.2) is 48.7 Å². The first-order valence-corrected chi connectivity index (χ1v) is 9.98. The van der Waals surface area contributed by atoms with Crippen molar-refractivity contribution in [3.05, 3.63) is 57.6 Å². The van der Waals surface area contributed by atoms with Crippen LogP contribution in [0.15, 0.2) is 36.4 Å². The Morgan fingerprint density at radius 2 is 2.09 bits per heavy atom. The van der Waals surface area contributed by atoms with Crippen molar-refractivity contribution in [1.82, 2.24) is 4.90 Å². The molecule has 9 nitrogen and oxygen atoms in total. The van der Waals surface area contributed by atoms with Crippen molar-refractivity contribution in [1.29, 1.82) is 0 Å². The van der Waals surface area contributed by atoms with E-state index in [0.29, 0.717) is 17.9 Å². The fourth-order valence-corrected chi connectivity index (χ4v) is 4.02. The van der Waals surface area contributed by atoms with Gasteiger partial charge in [-0.1, -0.05) is 12.1 Å². The van der Waals surface area contributed by atoms with Gasteiger partial charge in [0.15, 0.2) is 11.5 Å². The van der Waals surface area contributed by atoms with E-state index in [4.69, 9.17) is 9.47 Å². The van der Waals surface area contributed by atoms with E-state index in [0.717, 1.165) is 18.9 Å². The lowest BCUT2D eigenvalue weighted by atomic mass is 10.0. The van der Waals surface area contributed by atoms with Gasteiger partial charge in [-0.05, 0) is 31.0 Å². The van der Waals surface area contributed by atoms with Crippen molar-refractivity contribution >= 4 is 17.3 Å². The summed E-state index contributed by atoms with van der Waals surface area (Å²) in [6, 6.07) is 8.96. The molecule has 2 aromatic carbocycles. The van der Waals surface area contributed by atoms with Gasteiger partial charge in [-0.3, -0.25) is 14.9 Å². The molecule has 0 unspecified atom stereocenters. The van der Waals surface area contributed by atoms with Gasteiger partial charge in [-0.15, -0.1) is 0 Å². The van der Waals surface area contributed by atoms with E-state index in [2.05, 4.69) is 10.1 Å². The molecule has 0 aromatic heterocycles. The van der Waals surface area contributed by atoms with Crippen LogP contribution >= 0.6 is 0 Å². The lowest BCUT2D eigenvalue weighted by molar-refractivity contribution is -0.386. The molecule has 0 radical (unpaired) electrons. The van der Waals surface area contributed by atoms with Gasteiger partial charge in [0, 0.05) is 18.8 Å². The van der Waals surface area contributed by atoms with Crippen LogP contribution in [0, 0.1) is 10.1 Å². The fraction of sp³-hybridized carbons (Fsp3) is 0.381. The monoisotopic (exact) mass is 449 g/mol. The summed E-state index contributed by atoms with van der Waals surface area (Å²) >= 11 is 0. The molecule has 4 rings (SSSR count). The van der Waals surface area contributed by atoms with Crippen LogP contribution in [0.2, 0.25) is 0 Å². The highest BCUT2D eigenvalue weighted by Crippen LogP contribution is 2.42. The largest absolute Gasteiger partial charge is 0.493 e. The lowest BCUT2D eigenvalue weighted by Gasteiger charge is -2.39. The Balaban J connectivity index is 1.82. The van der Waals surface area contributed by atoms with Crippen molar-refractivity contribution < 1.29 is 32.7 Å². The molecule has 0 spiro atoms. The number of hydrogen-bond donors (Lipinski definition) is 1. The SMILES string of the molecule is COc1cc([C@@H]2Nc3ccccc3C(=O)N2C[C@@H]2CCCO2)c([N+](=O)[O-])cc1OC(F)F. The zero-order chi connectivity index (χ0) is 22.8. The Labute approximate surface area is 182 Å². The topological polar surface area (TPSA) is 103 Å². The van der Waals surface area contributed by atoms with Crippen molar-refractivity contribution in [3.8, 4) is 11.5 Å². The number of hydrogen-bond acceptors (Lipinski definition) is 7. The minimum absolute atomic E-state index is 0.0781. The van der Waals surface area contributed by atoms with Gasteiger partial charge in [0.25, 0.3) is 11.6 Å². The number of amides is 1. The lowest BCUT2D eigenvalue weighted by Crippen LogP contribution is -2.46. The number of nitrogens with zero attached hydrogens (tertiary/aromatic N) is 2. The summed E-state index contributed by atoms with van der Waals surface area (Å²) in [6.07, 6.45) is 0.451. The number of nitro groups is 1. The summed E-state index contributed by atoms with van der Waals surface area (Å²) in [5, 5.41) is 15.0. The standard InChI is InChI=1S/C21H21F2N3O6/c1-30-17-9-14(16(26(28)29)10-18(17)32-21(22)23)19-24-15-7-3-2-6-13(15)20(27)25(19)11-12-5-4-8-31-12/h2-3,6-7,9-10,12,19,21,24H,4-5,8,11H2,1H3/t12-,19+/m0/s1. The molecule has 0 saturated carbocycles. The van der Waals surface area contributed by atoms with Crippen LogP contribution in [0.5, 0.6) is 11.5 Å². The first kappa shape index (κ1) is 21.8. The Hall–Kier alpha value is -3.47. The summed E-state index contributed by atoms with van der Waals surface area (Å²) in [7, 11) is 1.24. The molecule has 1 saturated heterocycles. The molecule has 1 fully saturated rings. The maximum Gasteiger partial charge on any atom is 0.387 e. The third-order valence-corrected chi connectivity index (χ3v) is 5.47. The number of rotatable bonds is 7. The van der Waals surface area contributed by atoms with Gasteiger partial charge in [0.2, 0.25) is 0 Å². The molecule has 2 aromatic rings. The molecule has 1 N–H and O–H groups in total. The van der Waals surface area contributed by atoms with E-state index in [1.165, 1.54) is 18.1 Å². The van der Waals surface area contributed by atoms with Crippen LogP contribution in [0.3, 0.4) is 0 Å². The predicted molar refractivity (Wildman–Crippen MR) is 109 cm³/mol. The van der Waals surface area contributed by atoms with E-state index in [1.807, 2.05) is 0 Å². The zero-order valence-electron chi connectivity index (χ0n) is 17.1. The highest BCUT2D eigenvalue weighted by molar-refractivity contribution is 6.01. The molecule has 0 bridgehead atoms. The van der Waals surface area contributed by atoms with E-state index >= 15 is 0 Å². The third kappa shape index (κ3) is 4.15. The number of benzene rings is 2. The number of methoxy groups -OCH3 is 1. The molecule has 1 amide bonds. The Morgan fingerprint density at radius 3 is 2.75 bits per heavy atom. The van der Waals surface area contributed by atoms with Crippen LogP contribution in [0.4, 0.5) is 20.2 Å². The van der Waals surface area contributed by atoms with Crippen LogP contribution in [0.1, 0.15) is 34.9 Å². The van der Waals surface area contributed by atoms with Crippen LogP contribution < -0.4 is 14.8 Å². The number of nitro benzene ring substituents is 1. The first-order chi connectivity index (χ1) is 15.4. The van der Waals surface area contributed by atoms with Crippen LogP contribution in [0.25, 0.3) is 0 Å². The van der Waals surface area contributed by atoms with E-state index < -0.39 is 29.1 Å². The van der Waals surface area contributed by atoms with Crippen molar-refractivity contribution in [2.75, 3.05) is 25.6 Å². The highest BCUT2D eigenvalue weighted by Gasteiger charge is 2.39. The Kier molecular flexibility index (Phi) is 6.08. The maximum absolute atomic E-state index is 13.3. The molecule has 2 aliphatic heterocycles. The van der Waals surface area contributed by atoms with Gasteiger partial charge < -0.3 is 24.4 Å². The van der Waals surface area contributed by atoms with Gasteiger partial charge in [-0.25, -0.2) is 0 Å². The molecule has 2 atom stereocenters. The van der Waals surface area contributed by atoms with Gasteiger partial charge >= 0.3 is 6.61 Å². The molecule has 170 valence electrons. The highest BCUT2D eigenvalue weighted by atomic mass is 19.3. The summed E-state index contributed by atoms with van der Waals surface area (Å²) in [5.74, 6) is -0.900. The number of ether oxygens (including phenoxy) is 3. The molecule has 11 heteroatoms. The number of carbonyl (C=O) groups excluding carboxylic acids is 1. The predicted octanol–water partition coefficient (Wildman–Crippen LogP) is 3.95. The number of fused-ring (bicyclic) bond motifs is 1. The smallest absolute Gasteiger partial charge is 0.387 e. The summed E-state index contributed by atoms with van der Waals surface area (Å²) < 4.78 is 40.8. The molecular weight excluding hydrogens is 428 g/mol. The van der Waals surface area contributed by atoms with Gasteiger partial charge in [0.05, 0.1) is 35.3 Å². The number of alkyl halides is 2. The zero-order valence-corrected chi connectivity index (χ0v) is 17.1. The second-order valence-electron chi connectivity index (χ2n) is 7.38. The normalized spacial score (nSPS) is 20.1. The minimum atomic E-state index is -3.19. The number of carbonyl (C=O) groups is 1. The second kappa shape index (κ2) is 8.95. The van der Waals surface area contributed by atoms with E-state index in [9.17, 15) is 23.7 Å². The van der Waals surface area contributed by atoms with E-state index in [-0.39, 0.29) is 29.9 Å². The quantitative estimate of drug-likeness (QED) is 0.504. The van der Waals surface area contributed by atoms with E-state index in [1.54, 1.807) is 24.3 Å². The summed E-state index contributed by atoms with van der Waals surface area (Å²) in [6.45, 7) is -2.40. The molecular formula is C21H21F2N3O6. The number of nitrogens with one attached hydrogen (secondary N) is 1. The first-order valence-electron chi connectivity index (χ1n) is 9.98. The molecule has 2 heterocycles. The number of halogens is 2. The van der Waals surface area contributed by atoms with Crippen molar-refractivity contribution in [3.63, 3.8) is 0 Å². The third-order valence-electron chi connectivity index (χ3n) is 5.47. The van der Waals surface area contributed by atoms with Crippen LogP contribution in [-0.2, 0) is 4.74 Å². The molecule has 2 aliphatic rings. The summed E-state index contributed by atoms with van der Waals surface area (Å²) in [4.78, 5) is 25.9. The Bertz CT molecular complexity index is 1030. The average Bonchev–Trinajstić information content (AvgIpc) is 3.28. The van der Waals surface area contributed by atoms with Crippen molar-refractivity contribution in [2.45, 2.75) is 31.7 Å². The average molecular weight is 449 g/mol. The van der Waals surface area contributed by atoms with Crippen molar-refractivity contribution in [2.24, 2.45) is 0 Å². The maximum atomic E-state index is 13.3. The fourth-order valence-electron chi connectivity index (χ4n) is 4.02. The van der Waals surface area contributed by atoms with Gasteiger partial charge in [0.1, 0.15) is 6.17 Å². The second-order valence-corrected chi connectivity index (χ2v) is 7.38. The molecule has 0 aliphatic carbocycles. The Morgan fingerprint density at radius 1 is 1.31 bits per heavy atom.